The molecular formula is C19H24N2O2. The van der Waals surface area contributed by atoms with Gasteiger partial charge in [0.2, 0.25) is 5.91 Å². The minimum absolute atomic E-state index is 0.0752. The number of likely N-dealkylation sites (N-methyl/N-ethyl adjacent to an activating group) is 1. The van der Waals surface area contributed by atoms with Crippen molar-refractivity contribution in [2.24, 2.45) is 0 Å². The number of rotatable bonds is 7. The van der Waals surface area contributed by atoms with E-state index in [9.17, 15) is 9.90 Å². The van der Waals surface area contributed by atoms with Gasteiger partial charge in [-0.25, -0.2) is 0 Å². The zero-order valence-electron chi connectivity index (χ0n) is 13.6. The summed E-state index contributed by atoms with van der Waals surface area (Å²) in [6, 6.07) is 19.4. The average Bonchev–Trinajstić information content (AvgIpc) is 2.60. The van der Waals surface area contributed by atoms with E-state index >= 15 is 0 Å². The Bertz CT molecular complexity index is 601. The molecule has 0 fully saturated rings. The summed E-state index contributed by atoms with van der Waals surface area (Å²) in [4.78, 5) is 14.1. The fourth-order valence-electron chi connectivity index (χ4n) is 2.36. The molecule has 2 atom stereocenters. The molecule has 0 bridgehead atoms. The number of anilines is 1. The zero-order valence-corrected chi connectivity index (χ0v) is 13.6. The monoisotopic (exact) mass is 312 g/mol. The van der Waals surface area contributed by atoms with Crippen molar-refractivity contribution in [3.8, 4) is 0 Å². The van der Waals surface area contributed by atoms with Gasteiger partial charge in [0.05, 0.1) is 12.5 Å². The second kappa shape index (κ2) is 8.34. The van der Waals surface area contributed by atoms with Gasteiger partial charge in [-0.15, -0.1) is 0 Å². The molecule has 2 N–H and O–H groups in total. The van der Waals surface area contributed by atoms with Crippen molar-refractivity contribution < 1.29 is 9.90 Å². The molecular weight excluding hydrogens is 288 g/mol. The number of aliphatic hydroxyl groups is 1. The lowest BCUT2D eigenvalue weighted by atomic mass is 10.1. The number of nitrogens with zero attached hydrogens (tertiary/aromatic N) is 1. The van der Waals surface area contributed by atoms with Crippen LogP contribution in [-0.2, 0) is 4.79 Å². The Morgan fingerprint density at radius 3 is 2.26 bits per heavy atom. The number of hydrogen-bond acceptors (Lipinski definition) is 3. The topological polar surface area (TPSA) is 52.6 Å². The molecule has 0 heterocycles. The van der Waals surface area contributed by atoms with Gasteiger partial charge in [0.1, 0.15) is 0 Å². The van der Waals surface area contributed by atoms with Crippen LogP contribution in [0.25, 0.3) is 0 Å². The van der Waals surface area contributed by atoms with Gasteiger partial charge in [0, 0.05) is 25.3 Å². The van der Waals surface area contributed by atoms with Crippen LogP contribution in [0.2, 0.25) is 0 Å². The lowest BCUT2D eigenvalue weighted by Gasteiger charge is -2.27. The van der Waals surface area contributed by atoms with Crippen LogP contribution in [0.5, 0.6) is 0 Å². The maximum atomic E-state index is 12.0. The predicted octanol–water partition coefficient (Wildman–Crippen LogP) is 2.75. The van der Waals surface area contributed by atoms with Crippen molar-refractivity contribution in [2.45, 2.75) is 25.5 Å². The molecule has 2 aromatic rings. The molecule has 0 aliphatic heterocycles. The van der Waals surface area contributed by atoms with Crippen LogP contribution in [-0.4, -0.2) is 30.6 Å². The summed E-state index contributed by atoms with van der Waals surface area (Å²) in [7, 11) is 2.00. The molecule has 2 aromatic carbocycles. The van der Waals surface area contributed by atoms with E-state index in [0.29, 0.717) is 6.54 Å². The lowest BCUT2D eigenvalue weighted by Crippen LogP contribution is -2.40. The molecule has 2 rings (SSSR count). The third kappa shape index (κ3) is 5.11. The summed E-state index contributed by atoms with van der Waals surface area (Å²) in [5.41, 5.74) is 1.87. The quantitative estimate of drug-likeness (QED) is 0.826. The van der Waals surface area contributed by atoms with Gasteiger partial charge >= 0.3 is 0 Å². The molecule has 4 nitrogen and oxygen atoms in total. The zero-order chi connectivity index (χ0) is 16.7. The number of benzene rings is 2. The van der Waals surface area contributed by atoms with Crippen molar-refractivity contribution in [3.63, 3.8) is 0 Å². The van der Waals surface area contributed by atoms with Crippen LogP contribution >= 0.6 is 0 Å². The fourth-order valence-corrected chi connectivity index (χ4v) is 2.36. The van der Waals surface area contributed by atoms with E-state index in [0.717, 1.165) is 11.3 Å². The average molecular weight is 312 g/mol. The second-order valence-electron chi connectivity index (χ2n) is 5.73. The van der Waals surface area contributed by atoms with Crippen molar-refractivity contribution in [2.75, 3.05) is 18.5 Å². The molecule has 0 saturated heterocycles. The van der Waals surface area contributed by atoms with Crippen LogP contribution in [0, 0.1) is 0 Å². The highest BCUT2D eigenvalue weighted by atomic mass is 16.3. The summed E-state index contributed by atoms with van der Waals surface area (Å²) in [5, 5.41) is 13.0. The summed E-state index contributed by atoms with van der Waals surface area (Å²) < 4.78 is 0. The molecule has 0 aromatic heterocycles. The first kappa shape index (κ1) is 17.0. The first-order valence-corrected chi connectivity index (χ1v) is 7.85. The van der Waals surface area contributed by atoms with Gasteiger partial charge in [0.15, 0.2) is 0 Å². The van der Waals surface area contributed by atoms with E-state index in [2.05, 4.69) is 17.1 Å². The molecule has 122 valence electrons. The van der Waals surface area contributed by atoms with Gasteiger partial charge in [-0.2, -0.15) is 0 Å². The maximum Gasteiger partial charge on any atom is 0.223 e. The van der Waals surface area contributed by atoms with E-state index < -0.39 is 6.10 Å². The first-order chi connectivity index (χ1) is 11.1. The molecule has 23 heavy (non-hydrogen) atoms. The van der Waals surface area contributed by atoms with Gasteiger partial charge in [-0.1, -0.05) is 48.5 Å². The number of carbonyl (C=O) groups excluding carboxylic acids is 1. The molecule has 0 radical (unpaired) electrons. The van der Waals surface area contributed by atoms with E-state index in [1.54, 1.807) is 0 Å². The third-order valence-electron chi connectivity index (χ3n) is 3.98. The SMILES string of the molecule is CC(CNC(=O)CC(O)c1ccccc1)N(C)c1ccccc1. The Labute approximate surface area is 137 Å². The van der Waals surface area contributed by atoms with Gasteiger partial charge in [-0.05, 0) is 24.6 Å². The molecule has 0 aliphatic rings. The minimum atomic E-state index is -0.765. The highest BCUT2D eigenvalue weighted by Gasteiger charge is 2.15. The Morgan fingerprint density at radius 1 is 1.09 bits per heavy atom. The highest BCUT2D eigenvalue weighted by molar-refractivity contribution is 5.76. The van der Waals surface area contributed by atoms with Gasteiger partial charge < -0.3 is 15.3 Å². The lowest BCUT2D eigenvalue weighted by molar-refractivity contribution is -0.123. The number of aliphatic hydroxyl groups excluding tert-OH is 1. The van der Waals surface area contributed by atoms with Gasteiger partial charge in [0.25, 0.3) is 0 Å². The molecule has 0 saturated carbocycles. The standard InChI is InChI=1S/C19H24N2O2/c1-15(21(2)17-11-7-4-8-12-17)14-20-19(23)13-18(22)16-9-5-3-6-10-16/h3-12,15,18,22H,13-14H2,1-2H3,(H,20,23). The predicted molar refractivity (Wildman–Crippen MR) is 93.3 cm³/mol. The van der Waals surface area contributed by atoms with E-state index in [4.69, 9.17) is 0 Å². The normalized spacial score (nSPS) is 13.2. The van der Waals surface area contributed by atoms with Crippen LogP contribution in [0.1, 0.15) is 25.0 Å². The Morgan fingerprint density at radius 2 is 1.65 bits per heavy atom. The first-order valence-electron chi connectivity index (χ1n) is 7.85. The summed E-state index contributed by atoms with van der Waals surface area (Å²) in [6.07, 6.45) is -0.690. The van der Waals surface area contributed by atoms with Crippen LogP contribution in [0.15, 0.2) is 60.7 Å². The van der Waals surface area contributed by atoms with Crippen molar-refractivity contribution in [1.29, 1.82) is 0 Å². The fraction of sp³-hybridized carbons (Fsp3) is 0.316. The summed E-state index contributed by atoms with van der Waals surface area (Å²) in [5.74, 6) is -0.144. The Kier molecular flexibility index (Phi) is 6.18. The summed E-state index contributed by atoms with van der Waals surface area (Å²) >= 11 is 0. The smallest absolute Gasteiger partial charge is 0.223 e. The van der Waals surface area contributed by atoms with Crippen molar-refractivity contribution >= 4 is 11.6 Å². The third-order valence-corrected chi connectivity index (χ3v) is 3.98. The minimum Gasteiger partial charge on any atom is -0.388 e. The maximum absolute atomic E-state index is 12.0. The number of nitrogens with one attached hydrogen (secondary N) is 1. The number of hydrogen-bond donors (Lipinski definition) is 2. The number of para-hydroxylation sites is 1. The Balaban J connectivity index is 1.80. The molecule has 1 amide bonds. The molecule has 2 unspecified atom stereocenters. The number of carbonyl (C=O) groups is 1. The molecule has 0 aliphatic carbocycles. The largest absolute Gasteiger partial charge is 0.388 e. The van der Waals surface area contributed by atoms with Crippen LogP contribution < -0.4 is 10.2 Å². The molecule has 0 spiro atoms. The van der Waals surface area contributed by atoms with Crippen molar-refractivity contribution in [3.05, 3.63) is 66.2 Å². The number of amides is 1. The van der Waals surface area contributed by atoms with E-state index in [1.807, 2.05) is 67.7 Å². The van der Waals surface area contributed by atoms with Crippen molar-refractivity contribution in [1.82, 2.24) is 5.32 Å². The van der Waals surface area contributed by atoms with E-state index in [1.165, 1.54) is 0 Å². The molecule has 4 heteroatoms. The Hall–Kier alpha value is -2.33. The van der Waals surface area contributed by atoms with E-state index in [-0.39, 0.29) is 18.4 Å². The highest BCUT2D eigenvalue weighted by Crippen LogP contribution is 2.16. The van der Waals surface area contributed by atoms with Crippen LogP contribution in [0.4, 0.5) is 5.69 Å². The van der Waals surface area contributed by atoms with Gasteiger partial charge in [-0.3, -0.25) is 4.79 Å². The second-order valence-corrected chi connectivity index (χ2v) is 5.73. The summed E-state index contributed by atoms with van der Waals surface area (Å²) in [6.45, 7) is 2.59. The van der Waals surface area contributed by atoms with Crippen LogP contribution in [0.3, 0.4) is 0 Å².